The highest BCUT2D eigenvalue weighted by Crippen LogP contribution is 2.37. The fourth-order valence-electron chi connectivity index (χ4n) is 5.44. The molecular weight excluding hydrogens is 402 g/mol. The van der Waals surface area contributed by atoms with Crippen molar-refractivity contribution in [1.82, 2.24) is 9.88 Å². The minimum absolute atomic E-state index is 0.195. The summed E-state index contributed by atoms with van der Waals surface area (Å²) >= 11 is 0. The van der Waals surface area contributed by atoms with Crippen molar-refractivity contribution in [3.63, 3.8) is 0 Å². The van der Waals surface area contributed by atoms with Crippen molar-refractivity contribution in [1.29, 1.82) is 0 Å². The molecule has 4 aliphatic rings. The molecule has 4 fully saturated rings. The van der Waals surface area contributed by atoms with Crippen LogP contribution in [0.3, 0.4) is 0 Å². The number of aliphatic hydroxyl groups excluding tert-OH is 1. The van der Waals surface area contributed by atoms with Crippen LogP contribution in [-0.2, 0) is 11.2 Å². The summed E-state index contributed by atoms with van der Waals surface area (Å²) in [6, 6.07) is 14.4. The van der Waals surface area contributed by atoms with Crippen LogP contribution in [0.4, 0.5) is 5.82 Å². The molecule has 2 aromatic rings. The van der Waals surface area contributed by atoms with Gasteiger partial charge in [0.15, 0.2) is 0 Å². The number of rotatable bonds is 6. The number of anilines is 1. The van der Waals surface area contributed by atoms with Gasteiger partial charge < -0.3 is 24.7 Å². The SMILES string of the molecule is CO[C@@H]1CN(c2ccc(C=C[C@@]3(O)CN4CCC3CC4)c(Cc3ccccc3)n2)C[C@H]1O. The molecular formula is C26H33N3O3. The molecule has 4 saturated heterocycles. The van der Waals surface area contributed by atoms with Crippen LogP contribution in [0.25, 0.3) is 6.08 Å². The van der Waals surface area contributed by atoms with Crippen molar-refractivity contribution < 1.29 is 14.9 Å². The first kappa shape index (κ1) is 21.6. The zero-order valence-electron chi connectivity index (χ0n) is 18.7. The van der Waals surface area contributed by atoms with Gasteiger partial charge >= 0.3 is 0 Å². The highest BCUT2D eigenvalue weighted by atomic mass is 16.5. The summed E-state index contributed by atoms with van der Waals surface area (Å²) in [6.45, 7) is 4.06. The van der Waals surface area contributed by atoms with E-state index in [4.69, 9.17) is 9.72 Å². The minimum Gasteiger partial charge on any atom is -0.388 e. The molecule has 2 bridgehead atoms. The lowest BCUT2D eigenvalue weighted by atomic mass is 9.75. The Balaban J connectivity index is 1.43. The number of aliphatic hydroxyl groups is 2. The molecule has 0 radical (unpaired) electrons. The highest BCUT2D eigenvalue weighted by Gasteiger charge is 2.43. The predicted octanol–water partition coefficient (Wildman–Crippen LogP) is 2.34. The fourth-order valence-corrected chi connectivity index (χ4v) is 5.44. The van der Waals surface area contributed by atoms with Gasteiger partial charge in [-0.1, -0.05) is 42.5 Å². The van der Waals surface area contributed by atoms with Crippen molar-refractivity contribution in [2.24, 2.45) is 5.92 Å². The first-order valence-electron chi connectivity index (χ1n) is 11.7. The maximum Gasteiger partial charge on any atom is 0.129 e. The molecule has 0 amide bonds. The predicted molar refractivity (Wildman–Crippen MR) is 126 cm³/mol. The van der Waals surface area contributed by atoms with Gasteiger partial charge in [-0.3, -0.25) is 0 Å². The van der Waals surface area contributed by atoms with E-state index in [1.165, 1.54) is 5.56 Å². The van der Waals surface area contributed by atoms with Gasteiger partial charge in [-0.15, -0.1) is 0 Å². The lowest BCUT2D eigenvalue weighted by Crippen LogP contribution is -2.58. The zero-order chi connectivity index (χ0) is 22.1. The van der Waals surface area contributed by atoms with Crippen LogP contribution >= 0.6 is 0 Å². The van der Waals surface area contributed by atoms with E-state index in [1.807, 2.05) is 30.3 Å². The first-order chi connectivity index (χ1) is 15.5. The summed E-state index contributed by atoms with van der Waals surface area (Å²) in [5.74, 6) is 1.19. The Hall–Kier alpha value is -2.25. The molecule has 1 aromatic carbocycles. The topological polar surface area (TPSA) is 69.1 Å². The molecule has 5 heterocycles. The van der Waals surface area contributed by atoms with Gasteiger partial charge in [0.25, 0.3) is 0 Å². The Morgan fingerprint density at radius 3 is 2.56 bits per heavy atom. The molecule has 3 atom stereocenters. The first-order valence-corrected chi connectivity index (χ1v) is 11.7. The number of pyridine rings is 1. The van der Waals surface area contributed by atoms with E-state index in [0.29, 0.717) is 25.4 Å². The molecule has 6 rings (SSSR count). The number of ether oxygens (including phenoxy) is 1. The van der Waals surface area contributed by atoms with Crippen LogP contribution in [0, 0.1) is 5.92 Å². The van der Waals surface area contributed by atoms with E-state index < -0.39 is 11.7 Å². The maximum absolute atomic E-state index is 11.3. The number of hydrogen-bond acceptors (Lipinski definition) is 6. The largest absolute Gasteiger partial charge is 0.388 e. The van der Waals surface area contributed by atoms with Crippen molar-refractivity contribution in [3.8, 4) is 0 Å². The summed E-state index contributed by atoms with van der Waals surface area (Å²) in [5, 5.41) is 21.6. The second-order valence-electron chi connectivity index (χ2n) is 9.49. The Morgan fingerprint density at radius 1 is 1.12 bits per heavy atom. The van der Waals surface area contributed by atoms with Gasteiger partial charge in [-0.25, -0.2) is 4.98 Å². The second-order valence-corrected chi connectivity index (χ2v) is 9.49. The summed E-state index contributed by atoms with van der Waals surface area (Å²) in [5.41, 5.74) is 2.45. The van der Waals surface area contributed by atoms with Crippen molar-refractivity contribution in [2.45, 2.75) is 37.1 Å². The number of benzene rings is 1. The highest BCUT2D eigenvalue weighted by molar-refractivity contribution is 5.58. The molecule has 0 spiro atoms. The van der Waals surface area contributed by atoms with E-state index in [-0.39, 0.29) is 6.10 Å². The average molecular weight is 436 g/mol. The summed E-state index contributed by atoms with van der Waals surface area (Å²) < 4.78 is 5.40. The number of piperidine rings is 3. The number of β-amino-alcohol motifs (C(OH)–C–C–N with tert-alkyl or cyclic N) is 1. The fraction of sp³-hybridized carbons (Fsp3) is 0.500. The Kier molecular flexibility index (Phi) is 6.03. The van der Waals surface area contributed by atoms with Gasteiger partial charge in [-0.2, -0.15) is 0 Å². The molecule has 6 heteroatoms. The number of aromatic nitrogens is 1. The van der Waals surface area contributed by atoms with E-state index >= 15 is 0 Å². The quantitative estimate of drug-likeness (QED) is 0.726. The van der Waals surface area contributed by atoms with Gasteiger partial charge in [0.2, 0.25) is 0 Å². The number of methoxy groups -OCH3 is 1. The van der Waals surface area contributed by atoms with Gasteiger partial charge in [0, 0.05) is 33.2 Å². The van der Waals surface area contributed by atoms with Crippen molar-refractivity contribution in [3.05, 3.63) is 65.4 Å². The Bertz CT molecular complexity index is 958. The summed E-state index contributed by atoms with van der Waals surface area (Å²) in [4.78, 5) is 9.45. The summed E-state index contributed by atoms with van der Waals surface area (Å²) in [6.07, 6.45) is 6.21. The number of fused-ring (bicyclic) bond motifs is 3. The Labute approximate surface area is 190 Å². The van der Waals surface area contributed by atoms with Gasteiger partial charge in [-0.05, 0) is 55.1 Å². The van der Waals surface area contributed by atoms with E-state index in [9.17, 15) is 10.2 Å². The van der Waals surface area contributed by atoms with E-state index in [0.717, 1.165) is 49.6 Å². The molecule has 1 aromatic heterocycles. The molecule has 2 N–H and O–H groups in total. The third kappa shape index (κ3) is 4.33. The molecule has 0 saturated carbocycles. The monoisotopic (exact) mass is 435 g/mol. The Morgan fingerprint density at radius 2 is 1.91 bits per heavy atom. The normalized spacial score (nSPS) is 32.2. The van der Waals surface area contributed by atoms with Gasteiger partial charge in [0.05, 0.1) is 17.4 Å². The second kappa shape index (κ2) is 8.94. The van der Waals surface area contributed by atoms with Crippen molar-refractivity contribution >= 4 is 11.9 Å². The van der Waals surface area contributed by atoms with Crippen LogP contribution in [-0.4, -0.2) is 77.7 Å². The third-order valence-corrected chi connectivity index (χ3v) is 7.40. The van der Waals surface area contributed by atoms with Crippen molar-refractivity contribution in [2.75, 3.05) is 44.7 Å². The zero-order valence-corrected chi connectivity index (χ0v) is 18.7. The van der Waals surface area contributed by atoms with E-state index in [2.05, 4.69) is 34.1 Å². The van der Waals surface area contributed by atoms with Crippen LogP contribution < -0.4 is 4.90 Å². The van der Waals surface area contributed by atoms with Crippen LogP contribution in [0.1, 0.15) is 29.7 Å². The third-order valence-electron chi connectivity index (χ3n) is 7.40. The molecule has 4 aliphatic heterocycles. The maximum atomic E-state index is 11.3. The molecule has 170 valence electrons. The van der Waals surface area contributed by atoms with Gasteiger partial charge in [0.1, 0.15) is 11.9 Å². The lowest BCUT2D eigenvalue weighted by molar-refractivity contribution is -0.0775. The number of nitrogens with zero attached hydrogens (tertiary/aromatic N) is 3. The molecule has 0 aliphatic carbocycles. The molecule has 0 unspecified atom stereocenters. The molecule has 6 nitrogen and oxygen atoms in total. The smallest absolute Gasteiger partial charge is 0.129 e. The standard InChI is InChI=1S/C26H33N3O3/c1-32-24-17-29(16-23(24)30)25-8-7-20(22(27-25)15-19-5-3-2-4-6-19)9-12-26(31)18-28-13-10-21(26)11-14-28/h2-9,12,21,23-24,30-31H,10-11,13-18H2,1H3/t23-,24-,26-/m1/s1. The van der Waals surface area contributed by atoms with Crippen LogP contribution in [0.15, 0.2) is 48.5 Å². The lowest BCUT2D eigenvalue weighted by Gasteiger charge is -2.49. The number of hydrogen-bond donors (Lipinski definition) is 2. The average Bonchev–Trinajstić information content (AvgIpc) is 3.20. The van der Waals surface area contributed by atoms with Crippen LogP contribution in [0.5, 0.6) is 0 Å². The molecule has 32 heavy (non-hydrogen) atoms. The van der Waals surface area contributed by atoms with Crippen LogP contribution in [0.2, 0.25) is 0 Å². The minimum atomic E-state index is -0.760. The summed E-state index contributed by atoms with van der Waals surface area (Å²) in [7, 11) is 1.64. The van der Waals surface area contributed by atoms with E-state index in [1.54, 1.807) is 7.11 Å².